The summed E-state index contributed by atoms with van der Waals surface area (Å²) < 4.78 is 5.99. The molecule has 2 heterocycles. The second kappa shape index (κ2) is 5.78. The highest BCUT2D eigenvalue weighted by molar-refractivity contribution is 6.32. The van der Waals surface area contributed by atoms with Crippen LogP contribution in [-0.2, 0) is 17.8 Å². The van der Waals surface area contributed by atoms with Gasteiger partial charge in [-0.15, -0.1) is 0 Å². The summed E-state index contributed by atoms with van der Waals surface area (Å²) in [6.45, 7) is 3.52. The minimum absolute atomic E-state index is 0.104. The van der Waals surface area contributed by atoms with Crippen molar-refractivity contribution in [1.29, 1.82) is 0 Å². The number of hydrogen-bond acceptors (Lipinski definition) is 3. The molecule has 116 valence electrons. The first-order valence-corrected chi connectivity index (χ1v) is 7.70. The number of carbonyl (C=O) groups is 1. The number of nitrogens with one attached hydrogen (secondary N) is 1. The van der Waals surface area contributed by atoms with Crippen LogP contribution in [0.15, 0.2) is 22.1 Å². The second-order valence-electron chi connectivity index (χ2n) is 5.74. The van der Waals surface area contributed by atoms with Crippen LogP contribution in [0.5, 0.6) is 0 Å². The molecule has 0 aliphatic carbocycles. The van der Waals surface area contributed by atoms with E-state index in [-0.39, 0.29) is 5.91 Å². The monoisotopic (exact) mass is 318 g/mol. The van der Waals surface area contributed by atoms with Gasteiger partial charge < -0.3 is 14.6 Å². The SMILES string of the molecule is CNC(=O)C(C)=Cc1oc2ccc(Cl)c3c2c1CN(C)CC3. The molecule has 1 amide bonds. The van der Waals surface area contributed by atoms with Gasteiger partial charge in [0, 0.05) is 41.7 Å². The van der Waals surface area contributed by atoms with Gasteiger partial charge in [0.15, 0.2) is 0 Å². The Morgan fingerprint density at radius 1 is 1.41 bits per heavy atom. The van der Waals surface area contributed by atoms with Gasteiger partial charge in [0.05, 0.1) is 0 Å². The first-order chi connectivity index (χ1) is 10.5. The Labute approximate surface area is 134 Å². The average molecular weight is 319 g/mol. The molecule has 1 aliphatic rings. The summed E-state index contributed by atoms with van der Waals surface area (Å²) in [6.07, 6.45) is 2.71. The minimum atomic E-state index is -0.104. The van der Waals surface area contributed by atoms with Gasteiger partial charge >= 0.3 is 0 Å². The summed E-state index contributed by atoms with van der Waals surface area (Å²) in [4.78, 5) is 14.0. The zero-order chi connectivity index (χ0) is 15.9. The van der Waals surface area contributed by atoms with Crippen LogP contribution < -0.4 is 5.32 Å². The maximum absolute atomic E-state index is 11.7. The third-order valence-electron chi connectivity index (χ3n) is 4.14. The van der Waals surface area contributed by atoms with Crippen molar-refractivity contribution >= 4 is 34.6 Å². The smallest absolute Gasteiger partial charge is 0.246 e. The van der Waals surface area contributed by atoms with Crippen molar-refractivity contribution in [2.24, 2.45) is 0 Å². The van der Waals surface area contributed by atoms with Gasteiger partial charge in [-0.3, -0.25) is 4.79 Å². The van der Waals surface area contributed by atoms with Crippen molar-refractivity contribution in [3.8, 4) is 0 Å². The van der Waals surface area contributed by atoms with E-state index >= 15 is 0 Å². The van der Waals surface area contributed by atoms with Crippen molar-refractivity contribution < 1.29 is 9.21 Å². The van der Waals surface area contributed by atoms with E-state index in [4.69, 9.17) is 16.0 Å². The fourth-order valence-corrected chi connectivity index (χ4v) is 3.20. The number of rotatable bonds is 2. The number of likely N-dealkylation sites (N-methyl/N-ethyl adjacent to an activating group) is 2. The normalized spacial score (nSPS) is 15.9. The van der Waals surface area contributed by atoms with Gasteiger partial charge in [-0.05, 0) is 44.2 Å². The van der Waals surface area contributed by atoms with E-state index in [0.717, 1.165) is 52.4 Å². The molecule has 1 aromatic carbocycles. The van der Waals surface area contributed by atoms with Crippen LogP contribution in [0.25, 0.3) is 17.0 Å². The summed E-state index contributed by atoms with van der Waals surface area (Å²) in [5.74, 6) is 0.640. The highest BCUT2D eigenvalue weighted by Crippen LogP contribution is 2.36. The highest BCUT2D eigenvalue weighted by atomic mass is 35.5. The van der Waals surface area contributed by atoms with Crippen LogP contribution in [0.2, 0.25) is 5.02 Å². The molecule has 3 rings (SSSR count). The molecule has 1 aliphatic heterocycles. The summed E-state index contributed by atoms with van der Waals surface area (Å²) in [7, 11) is 3.71. The molecule has 0 unspecified atom stereocenters. The fraction of sp³-hybridized carbons (Fsp3) is 0.353. The maximum Gasteiger partial charge on any atom is 0.246 e. The van der Waals surface area contributed by atoms with Crippen molar-refractivity contribution in [3.05, 3.63) is 39.6 Å². The first kappa shape index (κ1) is 15.1. The molecule has 5 heteroatoms. The number of furan rings is 1. The fourth-order valence-electron chi connectivity index (χ4n) is 2.95. The number of hydrogen-bond donors (Lipinski definition) is 1. The van der Waals surface area contributed by atoms with Crippen molar-refractivity contribution in [3.63, 3.8) is 0 Å². The molecule has 22 heavy (non-hydrogen) atoms. The molecule has 0 radical (unpaired) electrons. The molecule has 1 aromatic heterocycles. The standard InChI is InChI=1S/C17H19ClN2O2/c1-10(17(21)19-2)8-15-12-9-20(3)7-6-11-13(18)4-5-14(22-15)16(11)12/h4-5,8H,6-7,9H2,1-3H3,(H,19,21). The second-order valence-corrected chi connectivity index (χ2v) is 6.15. The molecule has 0 bridgehead atoms. The zero-order valence-corrected chi connectivity index (χ0v) is 13.8. The van der Waals surface area contributed by atoms with Gasteiger partial charge in [0.1, 0.15) is 11.3 Å². The van der Waals surface area contributed by atoms with E-state index in [1.165, 1.54) is 0 Å². The molecule has 0 saturated carbocycles. The predicted octanol–water partition coefficient (Wildman–Crippen LogP) is 3.22. The Morgan fingerprint density at radius 3 is 2.91 bits per heavy atom. The molecule has 0 fully saturated rings. The molecule has 0 saturated heterocycles. The Kier molecular flexibility index (Phi) is 3.98. The van der Waals surface area contributed by atoms with Crippen molar-refractivity contribution in [1.82, 2.24) is 10.2 Å². The van der Waals surface area contributed by atoms with Crippen LogP contribution in [0, 0.1) is 0 Å². The third kappa shape index (κ3) is 2.53. The largest absolute Gasteiger partial charge is 0.456 e. The number of benzene rings is 1. The summed E-state index contributed by atoms with van der Waals surface area (Å²) in [5.41, 5.74) is 3.70. The van der Waals surface area contributed by atoms with Crippen LogP contribution in [0.1, 0.15) is 23.8 Å². The van der Waals surface area contributed by atoms with E-state index in [2.05, 4.69) is 17.3 Å². The van der Waals surface area contributed by atoms with Crippen molar-refractivity contribution in [2.75, 3.05) is 20.6 Å². The number of halogens is 1. The average Bonchev–Trinajstić information content (AvgIpc) is 2.72. The van der Waals surface area contributed by atoms with Crippen molar-refractivity contribution in [2.45, 2.75) is 19.9 Å². The zero-order valence-electron chi connectivity index (χ0n) is 13.0. The van der Waals surface area contributed by atoms with Gasteiger partial charge in [0.2, 0.25) is 5.91 Å². The van der Waals surface area contributed by atoms with E-state index in [0.29, 0.717) is 5.57 Å². The van der Waals surface area contributed by atoms with Crippen LogP contribution in [0.4, 0.5) is 0 Å². The molecule has 0 spiro atoms. The number of carbonyl (C=O) groups excluding carboxylic acids is 1. The summed E-state index contributed by atoms with van der Waals surface area (Å²) in [5, 5.41) is 4.52. The minimum Gasteiger partial charge on any atom is -0.456 e. The Morgan fingerprint density at radius 2 is 2.18 bits per heavy atom. The summed E-state index contributed by atoms with van der Waals surface area (Å²) >= 11 is 6.38. The van der Waals surface area contributed by atoms with Crippen LogP contribution in [-0.4, -0.2) is 31.4 Å². The lowest BCUT2D eigenvalue weighted by molar-refractivity contribution is -0.116. The number of nitrogens with zero attached hydrogens (tertiary/aromatic N) is 1. The van der Waals surface area contributed by atoms with Crippen LogP contribution in [0.3, 0.4) is 0 Å². The predicted molar refractivity (Wildman–Crippen MR) is 89.0 cm³/mol. The quantitative estimate of drug-likeness (QED) is 0.865. The van der Waals surface area contributed by atoms with Gasteiger partial charge in [-0.1, -0.05) is 11.6 Å². The Balaban J connectivity index is 2.22. The molecule has 0 atom stereocenters. The summed E-state index contributed by atoms with van der Waals surface area (Å²) in [6, 6.07) is 3.79. The lowest BCUT2D eigenvalue weighted by Gasteiger charge is -2.13. The van der Waals surface area contributed by atoms with Gasteiger partial charge in [-0.25, -0.2) is 0 Å². The van der Waals surface area contributed by atoms with Gasteiger partial charge in [0.25, 0.3) is 0 Å². The van der Waals surface area contributed by atoms with Crippen LogP contribution >= 0.6 is 11.6 Å². The lowest BCUT2D eigenvalue weighted by atomic mass is 10.0. The van der Waals surface area contributed by atoms with E-state index < -0.39 is 0 Å². The highest BCUT2D eigenvalue weighted by Gasteiger charge is 2.22. The lowest BCUT2D eigenvalue weighted by Crippen LogP contribution is -2.19. The van der Waals surface area contributed by atoms with Gasteiger partial charge in [-0.2, -0.15) is 0 Å². The van der Waals surface area contributed by atoms with E-state index in [1.807, 2.05) is 18.2 Å². The number of amides is 1. The Bertz CT molecular complexity index is 777. The van der Waals surface area contributed by atoms with E-state index in [9.17, 15) is 4.79 Å². The molecule has 1 N–H and O–H groups in total. The molecular formula is C17H19ClN2O2. The topological polar surface area (TPSA) is 45.5 Å². The maximum atomic E-state index is 11.7. The first-order valence-electron chi connectivity index (χ1n) is 7.33. The van der Waals surface area contributed by atoms with E-state index in [1.54, 1.807) is 14.0 Å². The Hall–Kier alpha value is -1.78. The molecular weight excluding hydrogens is 300 g/mol. The molecule has 2 aromatic rings. The molecule has 4 nitrogen and oxygen atoms in total. The third-order valence-corrected chi connectivity index (χ3v) is 4.50.